The average Bonchev–Trinajstić information content (AvgIpc) is 1.67. The first-order valence-electron chi connectivity index (χ1n) is 39.3. The molecule has 49 nitrogen and oxygen atoms in total. The summed E-state index contributed by atoms with van der Waals surface area (Å²) in [6, 6.07) is -10.1. The number of aromatic hydroxyl groups is 1. The molecule has 49 heteroatoms. The van der Waals surface area contributed by atoms with Gasteiger partial charge in [0.1, 0.15) is 78.3 Å². The molecule has 1 heterocycles. The van der Waals surface area contributed by atoms with Crippen molar-refractivity contribution >= 4 is 135 Å². The summed E-state index contributed by atoms with van der Waals surface area (Å²) >= 11 is 0. The Bertz CT molecular complexity index is 4260. The highest BCUT2D eigenvalue weighted by molar-refractivity contribution is 6.02. The zero-order valence-corrected chi connectivity index (χ0v) is 68.4. The highest BCUT2D eigenvalue weighted by atomic mass is 16.4. The zero-order chi connectivity index (χ0) is 93.0. The molecule has 0 fully saturated rings. The van der Waals surface area contributed by atoms with E-state index in [0.29, 0.717) is 22.0 Å². The van der Waals surface area contributed by atoms with E-state index < -0.39 is 273 Å². The van der Waals surface area contributed by atoms with E-state index in [2.05, 4.69) is 79.4 Å². The van der Waals surface area contributed by atoms with E-state index in [9.17, 15) is 127 Å². The standard InChI is InChI=1S/C75H113N23O26/c1-36(2)61(73(122)96-52(74(123)124)28-39-32-84-42-12-5-4-11-41(39)42)98-71(120)49(29-54(79)101)88-57(104)34-85-63(112)46(20-22-58(105)106)87-56(103)33-86-64(113)51(31-60(109)110)95-68(117)47(21-23-59(107)108)92-66(115)44(14-7-9-25-77)89-65(114)43(13-6-8-24-76)90-67(116)45(15-10-26-83-75(81)82)91-70(119)50(30-55(80)102)94-69(118)48(27-38-16-18-40(100)19-17-38)93-72(121)53(35-99)97-62(111)37(3)78/h4-5,11-12,16-19,32,36-37,43-53,61,84,99-100H,6-10,13-15,20-31,33-35,76-78H2,1-3H3,(H2,79,101)(H2,80,102)(H,85,112)(H,86,113)(H,87,103)(H,88,104)(H,89,114)(H,90,116)(H,91,119)(H,92,115)(H,93,121)(H,94,118)(H,95,117)(H,96,122)(H,97,111)(H,98,120)(H,105,106)(H,107,108)(H,109,110)(H,123,124)(H4,81,82,83)/t37-,43-,44-,45-,46-,47-,48-,49-,50-,51-,52-,53-,61-/m0/s1. The number of aromatic amines is 1. The van der Waals surface area contributed by atoms with Crippen LogP contribution in [0.2, 0.25) is 0 Å². The molecule has 0 saturated carbocycles. The van der Waals surface area contributed by atoms with Gasteiger partial charge in [0, 0.05) is 49.3 Å². The van der Waals surface area contributed by atoms with E-state index in [4.69, 9.17) is 39.8 Å². The van der Waals surface area contributed by atoms with Crippen LogP contribution in [0.4, 0.5) is 0 Å². The number of hydrogen-bond donors (Lipinski definition) is 29. The number of phenolic OH excluding ortho intramolecular Hbond substituents is 1. The van der Waals surface area contributed by atoms with Crippen LogP contribution in [0.1, 0.15) is 128 Å². The average molecular weight is 1750 g/mol. The van der Waals surface area contributed by atoms with E-state index >= 15 is 0 Å². The number of phenols is 1. The molecule has 0 unspecified atom stereocenters. The second kappa shape index (κ2) is 53.8. The van der Waals surface area contributed by atoms with E-state index in [1.165, 1.54) is 45.0 Å². The molecule has 124 heavy (non-hydrogen) atoms. The number of nitrogens with two attached hydrogens (primary N) is 6. The number of aliphatic hydroxyl groups excluding tert-OH is 1. The first-order valence-corrected chi connectivity index (χ1v) is 39.3. The van der Waals surface area contributed by atoms with Crippen LogP contribution in [0.5, 0.6) is 5.75 Å². The minimum absolute atomic E-state index is 0.0336. The van der Waals surface area contributed by atoms with Crippen molar-refractivity contribution in [2.45, 2.75) is 208 Å². The van der Waals surface area contributed by atoms with Gasteiger partial charge in [-0.1, -0.05) is 44.2 Å². The van der Waals surface area contributed by atoms with Crippen LogP contribution in [0.25, 0.3) is 10.9 Å². The van der Waals surface area contributed by atoms with Crippen LogP contribution in [0.15, 0.2) is 54.7 Å². The number of aliphatic carboxylic acids is 4. The maximum absolute atomic E-state index is 14.6. The molecule has 0 spiro atoms. The molecule has 0 aliphatic rings. The number of carbonyl (C=O) groups is 20. The highest BCUT2D eigenvalue weighted by Crippen LogP contribution is 2.21. The van der Waals surface area contributed by atoms with Crippen LogP contribution < -0.4 is 114 Å². The van der Waals surface area contributed by atoms with Gasteiger partial charge in [0.15, 0.2) is 5.96 Å². The Kier molecular flexibility index (Phi) is 45.4. The number of primary amides is 2. The Morgan fingerprint density at radius 3 is 1.26 bits per heavy atom. The molecule has 1 aromatic heterocycles. The number of fused-ring (bicyclic) bond motifs is 1. The lowest BCUT2D eigenvalue weighted by Crippen LogP contribution is -2.61. The van der Waals surface area contributed by atoms with Gasteiger partial charge in [-0.15, -0.1) is 0 Å². The summed E-state index contributed by atoms with van der Waals surface area (Å²) in [6.07, 6.45) is -5.66. The van der Waals surface area contributed by atoms with Gasteiger partial charge in [0.05, 0.1) is 45.0 Å². The van der Waals surface area contributed by atoms with Crippen molar-refractivity contribution < 1.29 is 127 Å². The maximum atomic E-state index is 14.6. The smallest absolute Gasteiger partial charge is 0.326 e. The summed E-state index contributed by atoms with van der Waals surface area (Å²) in [5.41, 5.74) is 35.1. The van der Waals surface area contributed by atoms with Crippen LogP contribution >= 0.6 is 0 Å². The Labute approximate surface area is 709 Å². The van der Waals surface area contributed by atoms with Crippen LogP contribution in [-0.4, -0.2) is 278 Å². The monoisotopic (exact) mass is 1750 g/mol. The number of nitrogens with one attached hydrogen (secondary N) is 17. The minimum atomic E-state index is -2.17. The number of rotatable bonds is 59. The van der Waals surface area contributed by atoms with Crippen molar-refractivity contribution in [1.82, 2.24) is 84.7 Å². The number of hydrogen-bond acceptors (Lipinski definition) is 26. The molecule has 2 aromatic carbocycles. The fraction of sp³-hybridized carbons (Fsp3) is 0.533. The van der Waals surface area contributed by atoms with Gasteiger partial charge in [-0.2, -0.15) is 0 Å². The fourth-order valence-electron chi connectivity index (χ4n) is 11.9. The number of carboxylic acid groups (broad SMARTS) is 4. The molecule has 0 aliphatic heterocycles. The summed E-state index contributed by atoms with van der Waals surface area (Å²) < 4.78 is 0. The summed E-state index contributed by atoms with van der Waals surface area (Å²) in [7, 11) is 0. The first-order chi connectivity index (χ1) is 58.5. The molecule has 35 N–H and O–H groups in total. The lowest BCUT2D eigenvalue weighted by atomic mass is 10.0. The van der Waals surface area contributed by atoms with Gasteiger partial charge < -0.3 is 150 Å². The number of aliphatic hydroxyl groups is 1. The number of aromatic nitrogens is 1. The van der Waals surface area contributed by atoms with Crippen molar-refractivity contribution in [3.63, 3.8) is 0 Å². The molecular weight excluding hydrogens is 1640 g/mol. The third kappa shape index (κ3) is 38.8. The van der Waals surface area contributed by atoms with Crippen molar-refractivity contribution in [3.8, 4) is 5.75 Å². The Morgan fingerprint density at radius 2 is 0.806 bits per heavy atom. The summed E-state index contributed by atoms with van der Waals surface area (Å²) in [6.45, 7) is 1.07. The third-order valence-corrected chi connectivity index (χ3v) is 18.5. The minimum Gasteiger partial charge on any atom is -0.508 e. The molecule has 684 valence electrons. The summed E-state index contributed by atoms with van der Waals surface area (Å²) in [5.74, 6) is -26.5. The van der Waals surface area contributed by atoms with Gasteiger partial charge in [0.2, 0.25) is 94.5 Å². The predicted octanol–water partition coefficient (Wildman–Crippen LogP) is -9.73. The van der Waals surface area contributed by atoms with Crippen molar-refractivity contribution in [1.29, 1.82) is 5.41 Å². The van der Waals surface area contributed by atoms with Crippen molar-refractivity contribution in [2.75, 3.05) is 39.3 Å². The molecule has 0 saturated heterocycles. The van der Waals surface area contributed by atoms with E-state index in [1.807, 2.05) is 5.32 Å². The topological polar surface area (TPSA) is 839 Å². The number of carboxylic acids is 4. The Morgan fingerprint density at radius 1 is 0.411 bits per heavy atom. The number of carbonyl (C=O) groups excluding carboxylic acids is 16. The van der Waals surface area contributed by atoms with E-state index in [0.717, 1.165) is 0 Å². The lowest BCUT2D eigenvalue weighted by molar-refractivity contribution is -0.142. The molecule has 13 atom stereocenters. The normalized spacial score (nSPS) is 14.1. The third-order valence-electron chi connectivity index (χ3n) is 18.5. The number of amides is 16. The molecular formula is C75H113N23O26. The SMILES string of the molecule is CC(C)[C@H](NC(=O)[C@H](CC(N)=O)NC(=O)CNC(=O)[C@H](CCC(=O)O)NC(=O)CNC(=O)[C@H](CC(=O)O)NC(=O)[C@H](CCC(=O)O)NC(=O)[C@H](CCCCN)NC(=O)[C@H](CCCCN)NC(=O)[C@H](CCCNC(=N)N)NC(=O)[C@H](CC(N)=O)NC(=O)[C@H](Cc1ccc(O)cc1)NC(=O)[C@H](CO)NC(=O)[C@H](C)N)C(=O)N[C@@H](Cc1c[nH]c2ccccc12)C(=O)O. The maximum Gasteiger partial charge on any atom is 0.326 e. The van der Waals surface area contributed by atoms with Crippen LogP contribution in [0.3, 0.4) is 0 Å². The quantitative estimate of drug-likeness (QED) is 0.0142. The van der Waals surface area contributed by atoms with Crippen LogP contribution in [-0.2, 0) is 109 Å². The van der Waals surface area contributed by atoms with Gasteiger partial charge in [0.25, 0.3) is 0 Å². The second-order valence-electron chi connectivity index (χ2n) is 29.1. The molecule has 0 radical (unpaired) electrons. The predicted molar refractivity (Wildman–Crippen MR) is 435 cm³/mol. The number of guanidine groups is 1. The molecule has 0 aliphatic carbocycles. The number of para-hydroxylation sites is 1. The first kappa shape index (κ1) is 104. The van der Waals surface area contributed by atoms with Gasteiger partial charge in [-0.25, -0.2) is 4.79 Å². The van der Waals surface area contributed by atoms with E-state index in [1.54, 1.807) is 30.5 Å². The number of benzene rings is 2. The zero-order valence-electron chi connectivity index (χ0n) is 68.4. The summed E-state index contributed by atoms with van der Waals surface area (Å²) in [4.78, 5) is 270. The lowest BCUT2D eigenvalue weighted by Gasteiger charge is -2.28. The second-order valence-corrected chi connectivity index (χ2v) is 29.1. The molecule has 16 amide bonds. The van der Waals surface area contributed by atoms with Crippen LogP contribution in [0, 0.1) is 11.3 Å². The molecule has 3 rings (SSSR count). The number of unbranched alkanes of at least 4 members (excludes halogenated alkanes) is 2. The Balaban J connectivity index is 1.87. The molecule has 3 aromatic rings. The van der Waals surface area contributed by atoms with Gasteiger partial charge in [-0.05, 0) is 119 Å². The number of H-pyrrole nitrogens is 1. The van der Waals surface area contributed by atoms with Crippen molar-refractivity contribution in [3.05, 3.63) is 65.9 Å². The van der Waals surface area contributed by atoms with E-state index in [-0.39, 0.29) is 89.6 Å². The van der Waals surface area contributed by atoms with Crippen molar-refractivity contribution in [2.24, 2.45) is 40.3 Å². The van der Waals surface area contributed by atoms with Gasteiger partial charge >= 0.3 is 23.9 Å². The largest absolute Gasteiger partial charge is 0.508 e. The summed E-state index contributed by atoms with van der Waals surface area (Å²) in [5, 5.41) is 102. The van der Waals surface area contributed by atoms with Gasteiger partial charge in [-0.3, -0.25) is 96.5 Å². The Hall–Kier alpha value is -13.7. The highest BCUT2D eigenvalue weighted by Gasteiger charge is 2.39. The molecule has 0 bridgehead atoms. The fourth-order valence-corrected chi connectivity index (χ4v) is 11.9.